The van der Waals surface area contributed by atoms with E-state index >= 15 is 0 Å². The van der Waals surface area contributed by atoms with Crippen LogP contribution in [0.25, 0.3) is 0 Å². The smallest absolute Gasteiger partial charge is 0.467 e. The highest BCUT2D eigenvalue weighted by Gasteiger charge is 2.33. The fraction of sp³-hybridized carbons (Fsp3) is 0.364. The van der Waals surface area contributed by atoms with Crippen LogP contribution < -0.4 is 10.5 Å². The number of methoxy groups -OCH3 is 1. The Hall–Kier alpha value is -1.47. The fourth-order valence-corrected chi connectivity index (χ4v) is 1.33. The van der Waals surface area contributed by atoms with Crippen molar-refractivity contribution in [1.29, 1.82) is 0 Å². The van der Waals surface area contributed by atoms with Crippen molar-refractivity contribution in [2.45, 2.75) is 18.8 Å². The van der Waals surface area contributed by atoms with Crippen LogP contribution in [-0.4, -0.2) is 19.4 Å². The second kappa shape index (κ2) is 6.12. The lowest BCUT2D eigenvalue weighted by Crippen LogP contribution is -2.42. The number of hydrogen-bond donors (Lipinski definition) is 1. The van der Waals surface area contributed by atoms with Gasteiger partial charge in [-0.25, -0.2) is 4.79 Å². The van der Waals surface area contributed by atoms with E-state index in [0.717, 1.165) is 12.1 Å². The second-order valence-electron chi connectivity index (χ2n) is 3.77. The van der Waals surface area contributed by atoms with Crippen LogP contribution in [0.15, 0.2) is 24.3 Å². The predicted octanol–water partition coefficient (Wildman–Crippen LogP) is 2.35. The standard InChI is InChI=1S/C11H12F3NO3.ClH/c1-10(15,9(16)17-2)7-3-5-8(6-4-7)18-11(12,13)14;/h3-6H,15H2,1-2H3;1H/t10-;/m1./s1. The molecule has 19 heavy (non-hydrogen) atoms. The first kappa shape index (κ1) is 17.5. The molecule has 0 bridgehead atoms. The molecule has 0 aliphatic carbocycles. The number of benzene rings is 1. The van der Waals surface area contributed by atoms with Crippen LogP contribution in [-0.2, 0) is 15.1 Å². The molecule has 8 heteroatoms. The topological polar surface area (TPSA) is 61.5 Å². The zero-order chi connectivity index (χ0) is 14.0. The van der Waals surface area contributed by atoms with Gasteiger partial charge in [0, 0.05) is 0 Å². The van der Waals surface area contributed by atoms with E-state index in [1.807, 2.05) is 0 Å². The van der Waals surface area contributed by atoms with E-state index in [1.165, 1.54) is 26.2 Å². The third-order valence-corrected chi connectivity index (χ3v) is 2.30. The van der Waals surface area contributed by atoms with Crippen molar-refractivity contribution < 1.29 is 27.4 Å². The van der Waals surface area contributed by atoms with Crippen LogP contribution in [0.5, 0.6) is 5.75 Å². The van der Waals surface area contributed by atoms with E-state index in [4.69, 9.17) is 5.73 Å². The summed E-state index contributed by atoms with van der Waals surface area (Å²) in [7, 11) is 1.18. The average molecular weight is 300 g/mol. The molecule has 0 radical (unpaired) electrons. The largest absolute Gasteiger partial charge is 0.573 e. The summed E-state index contributed by atoms with van der Waals surface area (Å²) in [6.45, 7) is 1.40. The summed E-state index contributed by atoms with van der Waals surface area (Å²) < 4.78 is 44.0. The molecule has 2 N–H and O–H groups in total. The molecule has 1 rings (SSSR count). The average Bonchev–Trinajstić information content (AvgIpc) is 2.26. The zero-order valence-corrected chi connectivity index (χ0v) is 11.0. The molecule has 0 aromatic heterocycles. The van der Waals surface area contributed by atoms with Gasteiger partial charge in [-0.15, -0.1) is 25.6 Å². The van der Waals surface area contributed by atoms with Crippen molar-refractivity contribution >= 4 is 18.4 Å². The molecule has 0 fully saturated rings. The van der Waals surface area contributed by atoms with Gasteiger partial charge < -0.3 is 15.2 Å². The number of rotatable bonds is 3. The van der Waals surface area contributed by atoms with E-state index in [2.05, 4.69) is 9.47 Å². The van der Waals surface area contributed by atoms with Gasteiger partial charge in [-0.3, -0.25) is 0 Å². The zero-order valence-electron chi connectivity index (χ0n) is 10.2. The lowest BCUT2D eigenvalue weighted by Gasteiger charge is -2.22. The lowest BCUT2D eigenvalue weighted by atomic mass is 9.93. The summed E-state index contributed by atoms with van der Waals surface area (Å²) >= 11 is 0. The second-order valence-corrected chi connectivity index (χ2v) is 3.77. The lowest BCUT2D eigenvalue weighted by molar-refractivity contribution is -0.274. The Kier molecular flexibility index (Phi) is 5.64. The monoisotopic (exact) mass is 299 g/mol. The minimum atomic E-state index is -4.75. The van der Waals surface area contributed by atoms with E-state index in [0.29, 0.717) is 5.56 Å². The molecule has 0 saturated heterocycles. The minimum Gasteiger partial charge on any atom is -0.467 e. The van der Waals surface area contributed by atoms with Crippen LogP contribution in [0, 0.1) is 0 Å². The Morgan fingerprint density at radius 2 is 1.68 bits per heavy atom. The molecule has 108 valence electrons. The number of ether oxygens (including phenoxy) is 2. The molecule has 1 atom stereocenters. The summed E-state index contributed by atoms with van der Waals surface area (Å²) in [6, 6.07) is 4.71. The van der Waals surface area contributed by atoms with Gasteiger partial charge in [-0.2, -0.15) is 0 Å². The third-order valence-electron chi connectivity index (χ3n) is 2.30. The maximum Gasteiger partial charge on any atom is 0.573 e. The minimum absolute atomic E-state index is 0. The predicted molar refractivity (Wildman–Crippen MR) is 63.9 cm³/mol. The van der Waals surface area contributed by atoms with Gasteiger partial charge in [0.05, 0.1) is 7.11 Å². The Balaban J connectivity index is 0.00000324. The molecule has 1 aromatic rings. The van der Waals surface area contributed by atoms with Crippen LogP contribution >= 0.6 is 12.4 Å². The van der Waals surface area contributed by atoms with Gasteiger partial charge in [0.1, 0.15) is 11.3 Å². The molecule has 0 aliphatic rings. The molecular formula is C11H13ClF3NO3. The van der Waals surface area contributed by atoms with Gasteiger partial charge in [0.25, 0.3) is 0 Å². The molecule has 0 spiro atoms. The summed E-state index contributed by atoms with van der Waals surface area (Å²) in [5.41, 5.74) is 4.63. The molecule has 0 amide bonds. The van der Waals surface area contributed by atoms with E-state index in [1.54, 1.807) is 0 Å². The van der Waals surface area contributed by atoms with Crippen LogP contribution in [0.3, 0.4) is 0 Å². The van der Waals surface area contributed by atoms with E-state index in [-0.39, 0.29) is 18.2 Å². The molecular weight excluding hydrogens is 287 g/mol. The highest BCUT2D eigenvalue weighted by Crippen LogP contribution is 2.26. The number of alkyl halides is 3. The maximum atomic E-state index is 11.9. The van der Waals surface area contributed by atoms with E-state index < -0.39 is 17.9 Å². The van der Waals surface area contributed by atoms with Crippen LogP contribution in [0.2, 0.25) is 0 Å². The highest BCUT2D eigenvalue weighted by atomic mass is 35.5. The molecule has 0 aliphatic heterocycles. The van der Waals surface area contributed by atoms with Crippen molar-refractivity contribution in [3.63, 3.8) is 0 Å². The van der Waals surface area contributed by atoms with Crippen LogP contribution in [0.1, 0.15) is 12.5 Å². The van der Waals surface area contributed by atoms with Gasteiger partial charge in [0.2, 0.25) is 0 Å². The quantitative estimate of drug-likeness (QED) is 0.870. The summed E-state index contributed by atoms with van der Waals surface area (Å²) in [5, 5.41) is 0. The van der Waals surface area contributed by atoms with E-state index in [9.17, 15) is 18.0 Å². The van der Waals surface area contributed by atoms with Crippen molar-refractivity contribution in [2.24, 2.45) is 5.73 Å². The first-order chi connectivity index (χ1) is 8.16. The SMILES string of the molecule is COC(=O)[C@](C)(N)c1ccc(OC(F)(F)F)cc1.Cl. The first-order valence-corrected chi connectivity index (χ1v) is 4.90. The number of carbonyl (C=O) groups excluding carboxylic acids is 1. The van der Waals surface area contributed by atoms with Crippen molar-refractivity contribution in [1.82, 2.24) is 0 Å². The Bertz CT molecular complexity index is 432. The van der Waals surface area contributed by atoms with Crippen molar-refractivity contribution in [3.05, 3.63) is 29.8 Å². The summed E-state index contributed by atoms with van der Waals surface area (Å²) in [4.78, 5) is 11.4. The number of nitrogens with two attached hydrogens (primary N) is 1. The number of esters is 1. The van der Waals surface area contributed by atoms with Crippen molar-refractivity contribution in [3.8, 4) is 5.75 Å². The summed E-state index contributed by atoms with van der Waals surface area (Å²) in [6.07, 6.45) is -4.75. The fourth-order valence-electron chi connectivity index (χ4n) is 1.33. The third kappa shape index (κ3) is 4.60. The molecule has 4 nitrogen and oxygen atoms in total. The first-order valence-electron chi connectivity index (χ1n) is 4.90. The Morgan fingerprint density at radius 1 is 1.21 bits per heavy atom. The van der Waals surface area contributed by atoms with Gasteiger partial charge in [-0.1, -0.05) is 12.1 Å². The van der Waals surface area contributed by atoms with Gasteiger partial charge in [0.15, 0.2) is 0 Å². The van der Waals surface area contributed by atoms with Gasteiger partial charge in [-0.05, 0) is 24.6 Å². The molecule has 0 saturated carbocycles. The molecule has 0 unspecified atom stereocenters. The maximum absolute atomic E-state index is 11.9. The number of hydrogen-bond acceptors (Lipinski definition) is 4. The number of carbonyl (C=O) groups is 1. The Labute approximate surface area is 114 Å². The number of halogens is 4. The Morgan fingerprint density at radius 3 is 2.05 bits per heavy atom. The van der Waals surface area contributed by atoms with Crippen molar-refractivity contribution in [2.75, 3.05) is 7.11 Å². The molecule has 1 aromatic carbocycles. The highest BCUT2D eigenvalue weighted by molar-refractivity contribution is 5.85. The normalized spacial score (nSPS) is 14.0. The summed E-state index contributed by atoms with van der Waals surface area (Å²) in [5.74, 6) is -1.07. The van der Waals surface area contributed by atoms with Gasteiger partial charge >= 0.3 is 12.3 Å². The molecule has 0 heterocycles. The van der Waals surface area contributed by atoms with Crippen LogP contribution in [0.4, 0.5) is 13.2 Å².